The van der Waals surface area contributed by atoms with Crippen molar-refractivity contribution in [3.05, 3.63) is 0 Å². The summed E-state index contributed by atoms with van der Waals surface area (Å²) in [6, 6.07) is 0. The Morgan fingerprint density at radius 1 is 0.284 bits per heavy atom. The van der Waals surface area contributed by atoms with Gasteiger partial charge in [0.2, 0.25) is 0 Å². The Hall–Kier alpha value is -1.94. The Labute approximate surface area is 626 Å². The highest BCUT2D eigenvalue weighted by atomic mass is 31.2. The van der Waals surface area contributed by atoms with Crippen molar-refractivity contribution < 1.29 is 80.2 Å². The summed E-state index contributed by atoms with van der Waals surface area (Å²) in [5.74, 6) is -0.529. The zero-order valence-corrected chi connectivity index (χ0v) is 68.7. The van der Waals surface area contributed by atoms with Gasteiger partial charge in [-0.25, -0.2) is 9.13 Å². The summed E-state index contributed by atoms with van der Waals surface area (Å²) in [7, 11) is -9.92. The lowest BCUT2D eigenvalue weighted by molar-refractivity contribution is -0.161. The second-order valence-corrected chi connectivity index (χ2v) is 33.5. The van der Waals surface area contributed by atoms with Crippen LogP contribution in [0.2, 0.25) is 0 Å². The van der Waals surface area contributed by atoms with Crippen LogP contribution in [0.5, 0.6) is 0 Å². The van der Waals surface area contributed by atoms with Crippen LogP contribution in [0.3, 0.4) is 0 Å². The van der Waals surface area contributed by atoms with E-state index < -0.39 is 97.5 Å². The highest BCUT2D eigenvalue weighted by Crippen LogP contribution is 2.45. The molecular formula is C83H162O17P2. The summed E-state index contributed by atoms with van der Waals surface area (Å²) >= 11 is 0. The van der Waals surface area contributed by atoms with Gasteiger partial charge >= 0.3 is 39.5 Å². The van der Waals surface area contributed by atoms with Crippen LogP contribution in [0.25, 0.3) is 0 Å². The van der Waals surface area contributed by atoms with Crippen LogP contribution in [-0.2, 0) is 65.4 Å². The van der Waals surface area contributed by atoms with Crippen LogP contribution in [0.4, 0.5) is 0 Å². The van der Waals surface area contributed by atoms with Gasteiger partial charge in [-0.05, 0) is 37.5 Å². The molecule has 0 aliphatic heterocycles. The second kappa shape index (κ2) is 74.5. The van der Waals surface area contributed by atoms with Crippen LogP contribution in [0.1, 0.15) is 440 Å². The van der Waals surface area contributed by atoms with Crippen molar-refractivity contribution in [2.45, 2.75) is 458 Å². The summed E-state index contributed by atoms with van der Waals surface area (Å²) in [6.45, 7) is 9.67. The van der Waals surface area contributed by atoms with Crippen molar-refractivity contribution in [2.24, 2.45) is 11.8 Å². The van der Waals surface area contributed by atoms with Gasteiger partial charge in [-0.15, -0.1) is 0 Å². The molecule has 0 aliphatic carbocycles. The first-order valence-corrected chi connectivity index (χ1v) is 46.0. The fraction of sp³-hybridized carbons (Fsp3) is 0.952. The fourth-order valence-corrected chi connectivity index (χ4v) is 14.4. The highest BCUT2D eigenvalue weighted by Gasteiger charge is 2.30. The fourth-order valence-electron chi connectivity index (χ4n) is 12.9. The van der Waals surface area contributed by atoms with Gasteiger partial charge in [0, 0.05) is 25.7 Å². The van der Waals surface area contributed by atoms with Gasteiger partial charge in [-0.2, -0.15) is 0 Å². The summed E-state index contributed by atoms with van der Waals surface area (Å²) in [4.78, 5) is 73.1. The van der Waals surface area contributed by atoms with E-state index >= 15 is 0 Å². The molecule has 102 heavy (non-hydrogen) atoms. The predicted molar refractivity (Wildman–Crippen MR) is 418 cm³/mol. The summed E-state index contributed by atoms with van der Waals surface area (Å²) in [5, 5.41) is 10.7. The monoisotopic (exact) mass is 1490 g/mol. The molecule has 0 bridgehead atoms. The number of carbonyl (C=O) groups is 4. The lowest BCUT2D eigenvalue weighted by Crippen LogP contribution is -2.30. The third kappa shape index (κ3) is 74.9. The molecule has 3 unspecified atom stereocenters. The molecule has 0 heterocycles. The van der Waals surface area contributed by atoms with Gasteiger partial charge < -0.3 is 33.8 Å². The van der Waals surface area contributed by atoms with E-state index in [1.54, 1.807) is 0 Å². The Balaban J connectivity index is 5.24. The number of ether oxygens (including phenoxy) is 4. The van der Waals surface area contributed by atoms with E-state index in [1.165, 1.54) is 257 Å². The van der Waals surface area contributed by atoms with E-state index in [0.29, 0.717) is 25.7 Å². The molecule has 0 aromatic carbocycles. The molecule has 0 rings (SSSR count). The van der Waals surface area contributed by atoms with E-state index in [-0.39, 0.29) is 25.7 Å². The minimum absolute atomic E-state index is 0.107. The van der Waals surface area contributed by atoms with E-state index in [0.717, 1.165) is 102 Å². The van der Waals surface area contributed by atoms with Crippen molar-refractivity contribution in [1.29, 1.82) is 0 Å². The van der Waals surface area contributed by atoms with E-state index in [4.69, 9.17) is 37.0 Å². The number of carbonyl (C=O) groups excluding carboxylic acids is 4. The number of aliphatic hydroxyl groups is 1. The number of rotatable bonds is 82. The van der Waals surface area contributed by atoms with Crippen LogP contribution in [0, 0.1) is 11.8 Å². The van der Waals surface area contributed by atoms with Crippen molar-refractivity contribution in [1.82, 2.24) is 0 Å². The number of esters is 4. The molecule has 19 heteroatoms. The summed E-state index contributed by atoms with van der Waals surface area (Å²) in [5.41, 5.74) is 0. The van der Waals surface area contributed by atoms with Gasteiger partial charge in [0.05, 0.1) is 26.4 Å². The van der Waals surface area contributed by atoms with Crippen molar-refractivity contribution in [3.8, 4) is 0 Å². The molecule has 0 radical (unpaired) electrons. The molecule has 0 fully saturated rings. The standard InChI is InChI=1S/C83H162O17P2/c1-7-10-12-14-16-18-20-22-23-24-25-26-27-28-34-38-42-50-56-62-68-83(88)99-78(71-93-80(85)65-59-53-47-40-36-33-30-29-32-35-39-46-52-58-64-76(6)9-3)73-97-101(89,90)95-69-77(84)70-96-102(91,92)98-74-79(72-94-81(86)66-60-54-48-44-43-45-51-57-63-75(4)5)100-82(87)67-61-55-49-41-37-31-21-19-17-15-13-11-8-2/h75-79,84H,7-74H2,1-6H3,(H,89,90)(H,91,92)/t76?,77-,78-,79-/m1/s1. The van der Waals surface area contributed by atoms with Gasteiger partial charge in [-0.3, -0.25) is 37.3 Å². The van der Waals surface area contributed by atoms with Crippen LogP contribution in [-0.4, -0.2) is 96.7 Å². The molecule has 0 aromatic heterocycles. The predicted octanol–water partition coefficient (Wildman–Crippen LogP) is 25.1. The summed E-state index contributed by atoms with van der Waals surface area (Å²) in [6.07, 6.45) is 65.2. The van der Waals surface area contributed by atoms with Gasteiger partial charge in [-0.1, -0.05) is 388 Å². The molecule has 0 saturated heterocycles. The van der Waals surface area contributed by atoms with Gasteiger partial charge in [0.15, 0.2) is 12.2 Å². The maximum absolute atomic E-state index is 13.1. The second-order valence-electron chi connectivity index (χ2n) is 30.6. The third-order valence-corrected chi connectivity index (χ3v) is 21.7. The number of hydrogen-bond donors (Lipinski definition) is 3. The zero-order chi connectivity index (χ0) is 74.9. The first kappa shape index (κ1) is 100. The lowest BCUT2D eigenvalue weighted by atomic mass is 9.99. The zero-order valence-electron chi connectivity index (χ0n) is 66.9. The molecule has 0 saturated carbocycles. The largest absolute Gasteiger partial charge is 0.472 e. The molecule has 0 amide bonds. The minimum atomic E-state index is -4.96. The first-order chi connectivity index (χ1) is 49.4. The normalized spacial score (nSPS) is 14.1. The van der Waals surface area contributed by atoms with Crippen LogP contribution < -0.4 is 0 Å². The maximum Gasteiger partial charge on any atom is 0.472 e. The topological polar surface area (TPSA) is 237 Å². The Morgan fingerprint density at radius 3 is 0.745 bits per heavy atom. The SMILES string of the molecule is CCCCCCCCCCCCCCCCCCCCCCC(=O)O[C@H](COC(=O)CCCCCCCCCCCCCCCCC(C)CC)COP(=O)(O)OC[C@@H](O)COP(=O)(O)OC[C@@H](COC(=O)CCCCCCCCCCC(C)C)OC(=O)CCCCCCCCCCCCCCC. The average molecular weight is 1490 g/mol. The third-order valence-electron chi connectivity index (χ3n) is 19.8. The lowest BCUT2D eigenvalue weighted by Gasteiger charge is -2.21. The van der Waals surface area contributed by atoms with Gasteiger partial charge in [0.25, 0.3) is 0 Å². The summed E-state index contributed by atoms with van der Waals surface area (Å²) < 4.78 is 68.8. The Bertz CT molecular complexity index is 1960. The Kier molecular flexibility index (Phi) is 73.1. The molecule has 0 aromatic rings. The smallest absolute Gasteiger partial charge is 0.462 e. The average Bonchev–Trinajstić information content (AvgIpc) is 0.919. The van der Waals surface area contributed by atoms with Crippen molar-refractivity contribution in [2.75, 3.05) is 39.6 Å². The number of aliphatic hydroxyl groups excluding tert-OH is 1. The number of hydrogen-bond acceptors (Lipinski definition) is 15. The number of unbranched alkanes of at least 4 members (excludes halogenated alkanes) is 51. The quantitative estimate of drug-likeness (QED) is 0.0222. The molecule has 606 valence electrons. The van der Waals surface area contributed by atoms with E-state index in [9.17, 15) is 43.2 Å². The molecular weight excluding hydrogens is 1330 g/mol. The molecule has 17 nitrogen and oxygen atoms in total. The van der Waals surface area contributed by atoms with E-state index in [1.807, 2.05) is 0 Å². The molecule has 0 spiro atoms. The highest BCUT2D eigenvalue weighted by molar-refractivity contribution is 7.47. The first-order valence-electron chi connectivity index (χ1n) is 43.0. The molecule has 0 aliphatic rings. The molecule has 6 atom stereocenters. The van der Waals surface area contributed by atoms with Crippen molar-refractivity contribution in [3.63, 3.8) is 0 Å². The number of phosphoric ester groups is 2. The minimum Gasteiger partial charge on any atom is -0.462 e. The maximum atomic E-state index is 13.1. The van der Waals surface area contributed by atoms with Crippen molar-refractivity contribution >= 4 is 39.5 Å². The Morgan fingerprint density at radius 2 is 0.500 bits per heavy atom. The van der Waals surface area contributed by atoms with Gasteiger partial charge in [0.1, 0.15) is 19.3 Å². The van der Waals surface area contributed by atoms with Crippen LogP contribution in [0.15, 0.2) is 0 Å². The van der Waals surface area contributed by atoms with E-state index in [2.05, 4.69) is 41.5 Å². The molecule has 3 N–H and O–H groups in total. The number of phosphoric acid groups is 2. The van der Waals surface area contributed by atoms with Crippen LogP contribution >= 0.6 is 15.6 Å².